The molecule has 0 aliphatic carbocycles. The van der Waals surface area contributed by atoms with Gasteiger partial charge in [0.1, 0.15) is 12.1 Å². The molecule has 124 valence electrons. The summed E-state index contributed by atoms with van der Waals surface area (Å²) < 4.78 is 14.4. The zero-order valence-electron chi connectivity index (χ0n) is 13.5. The molecule has 0 aromatic carbocycles. The summed E-state index contributed by atoms with van der Waals surface area (Å²) in [4.78, 5) is 14.1. The van der Waals surface area contributed by atoms with Crippen molar-refractivity contribution in [2.45, 2.75) is 18.7 Å². The summed E-state index contributed by atoms with van der Waals surface area (Å²) in [5.41, 5.74) is 1.38. The van der Waals surface area contributed by atoms with Crippen molar-refractivity contribution in [1.82, 2.24) is 24.5 Å². The van der Waals surface area contributed by atoms with E-state index in [-0.39, 0.29) is 18.1 Å². The van der Waals surface area contributed by atoms with E-state index in [0.717, 1.165) is 5.69 Å². The van der Waals surface area contributed by atoms with Crippen LogP contribution in [0.25, 0.3) is 0 Å². The van der Waals surface area contributed by atoms with Gasteiger partial charge in [-0.25, -0.2) is 4.68 Å². The first-order valence-electron chi connectivity index (χ1n) is 7.48. The van der Waals surface area contributed by atoms with E-state index in [1.54, 1.807) is 29.9 Å². The molecule has 1 saturated heterocycles. The van der Waals surface area contributed by atoms with Gasteiger partial charge in [0.25, 0.3) is 5.91 Å². The lowest BCUT2D eigenvalue weighted by Crippen LogP contribution is -2.27. The number of nitrogens with zero attached hydrogens (tertiary/aromatic N) is 5. The fourth-order valence-corrected chi connectivity index (χ4v) is 2.70. The first-order valence-corrected chi connectivity index (χ1v) is 7.48. The van der Waals surface area contributed by atoms with Gasteiger partial charge in [0.2, 0.25) is 0 Å². The van der Waals surface area contributed by atoms with Crippen molar-refractivity contribution >= 4 is 5.91 Å². The Morgan fingerprint density at radius 1 is 1.52 bits per heavy atom. The van der Waals surface area contributed by atoms with E-state index in [1.807, 2.05) is 29.9 Å². The van der Waals surface area contributed by atoms with Gasteiger partial charge >= 0.3 is 0 Å². The van der Waals surface area contributed by atoms with Gasteiger partial charge in [-0.3, -0.25) is 4.79 Å². The van der Waals surface area contributed by atoms with Crippen LogP contribution >= 0.6 is 0 Å². The molecule has 23 heavy (non-hydrogen) atoms. The molecule has 8 nitrogen and oxygen atoms in total. The van der Waals surface area contributed by atoms with E-state index in [9.17, 15) is 4.79 Å². The Balaban J connectivity index is 1.69. The Hall–Kier alpha value is -2.19. The maximum Gasteiger partial charge on any atom is 0.276 e. The predicted octanol–water partition coefficient (Wildman–Crippen LogP) is 0.475. The second-order valence-electron chi connectivity index (χ2n) is 5.73. The lowest BCUT2D eigenvalue weighted by molar-refractivity contribution is 0.0661. The van der Waals surface area contributed by atoms with Gasteiger partial charge in [0, 0.05) is 33.1 Å². The third kappa shape index (κ3) is 3.13. The molecule has 3 rings (SSSR count). The van der Waals surface area contributed by atoms with Crippen LogP contribution in [0, 0.1) is 0 Å². The largest absolute Gasteiger partial charge is 0.377 e. The van der Waals surface area contributed by atoms with Gasteiger partial charge in [-0.2, -0.15) is 0 Å². The maximum absolute atomic E-state index is 12.5. The first kappa shape index (κ1) is 15.7. The topological polar surface area (TPSA) is 74.4 Å². The van der Waals surface area contributed by atoms with Gasteiger partial charge in [0.05, 0.1) is 26.0 Å². The van der Waals surface area contributed by atoms with E-state index >= 15 is 0 Å². The number of hydrogen-bond donors (Lipinski definition) is 0. The van der Waals surface area contributed by atoms with Gasteiger partial charge in [-0.1, -0.05) is 5.21 Å². The number of methoxy groups -OCH3 is 1. The summed E-state index contributed by atoms with van der Waals surface area (Å²) in [5.74, 6) is -0.162. The van der Waals surface area contributed by atoms with Crippen molar-refractivity contribution in [2.75, 3.05) is 27.4 Å². The van der Waals surface area contributed by atoms with Gasteiger partial charge in [0.15, 0.2) is 5.69 Å². The number of rotatable bonds is 5. The van der Waals surface area contributed by atoms with Crippen LogP contribution in [0.5, 0.6) is 0 Å². The average molecular weight is 319 g/mol. The summed E-state index contributed by atoms with van der Waals surface area (Å²) in [6, 6.07) is 3.89. The third-order valence-electron chi connectivity index (χ3n) is 4.17. The highest BCUT2D eigenvalue weighted by Gasteiger charge is 2.31. The Morgan fingerprint density at radius 3 is 3.04 bits per heavy atom. The standard InChI is InChI=1S/C15H21N5O3/c1-18-6-4-5-11(18)7-19(2)15(21)12-8-20(17-16-12)13-9-23-10-14(13)22-3/h4-6,8,13-14H,7,9-10H2,1-3H3/t13-,14-/m1/s1. The highest BCUT2D eigenvalue weighted by atomic mass is 16.5. The van der Waals surface area contributed by atoms with E-state index in [1.165, 1.54) is 0 Å². The molecule has 8 heteroatoms. The Labute approximate surface area is 134 Å². The lowest BCUT2D eigenvalue weighted by Gasteiger charge is -2.16. The molecule has 2 aromatic heterocycles. The number of hydrogen-bond acceptors (Lipinski definition) is 5. The molecule has 0 bridgehead atoms. The molecule has 2 atom stereocenters. The van der Waals surface area contributed by atoms with Crippen molar-refractivity contribution < 1.29 is 14.3 Å². The fraction of sp³-hybridized carbons (Fsp3) is 0.533. The molecule has 0 spiro atoms. The lowest BCUT2D eigenvalue weighted by atomic mass is 10.2. The number of ether oxygens (including phenoxy) is 2. The summed E-state index contributed by atoms with van der Waals surface area (Å²) in [6.07, 6.45) is 3.55. The molecular weight excluding hydrogens is 298 g/mol. The minimum atomic E-state index is -0.162. The Bertz CT molecular complexity index is 680. The van der Waals surface area contributed by atoms with Gasteiger partial charge in [-0.05, 0) is 12.1 Å². The minimum Gasteiger partial charge on any atom is -0.377 e. The Morgan fingerprint density at radius 2 is 2.35 bits per heavy atom. The summed E-state index contributed by atoms with van der Waals surface area (Å²) in [5, 5.41) is 8.07. The van der Waals surface area contributed by atoms with Crippen LogP contribution in [0.15, 0.2) is 24.5 Å². The third-order valence-corrected chi connectivity index (χ3v) is 4.17. The highest BCUT2D eigenvalue weighted by Crippen LogP contribution is 2.21. The van der Waals surface area contributed by atoms with Gasteiger partial charge in [-0.15, -0.1) is 5.10 Å². The molecule has 1 fully saturated rings. The van der Waals surface area contributed by atoms with Gasteiger partial charge < -0.3 is 18.9 Å². The van der Waals surface area contributed by atoms with Crippen molar-refractivity contribution in [3.63, 3.8) is 0 Å². The van der Waals surface area contributed by atoms with Crippen molar-refractivity contribution in [1.29, 1.82) is 0 Å². The van der Waals surface area contributed by atoms with E-state index < -0.39 is 0 Å². The second-order valence-corrected chi connectivity index (χ2v) is 5.73. The van der Waals surface area contributed by atoms with Crippen LogP contribution in [0.4, 0.5) is 0 Å². The van der Waals surface area contributed by atoms with Crippen LogP contribution in [0.3, 0.4) is 0 Å². The molecule has 0 radical (unpaired) electrons. The van der Waals surface area contributed by atoms with E-state index in [4.69, 9.17) is 9.47 Å². The molecule has 0 unspecified atom stereocenters. The smallest absolute Gasteiger partial charge is 0.276 e. The molecule has 2 aromatic rings. The molecular formula is C15H21N5O3. The quantitative estimate of drug-likeness (QED) is 0.801. The molecule has 1 aliphatic rings. The zero-order chi connectivity index (χ0) is 16.4. The summed E-state index contributed by atoms with van der Waals surface area (Å²) in [7, 11) is 5.35. The van der Waals surface area contributed by atoms with Crippen LogP contribution in [-0.4, -0.2) is 63.8 Å². The average Bonchev–Trinajstić information content (AvgIpc) is 3.26. The number of carbonyl (C=O) groups excluding carboxylic acids is 1. The molecule has 1 amide bonds. The van der Waals surface area contributed by atoms with Crippen molar-refractivity contribution in [2.24, 2.45) is 7.05 Å². The highest BCUT2D eigenvalue weighted by molar-refractivity contribution is 5.91. The minimum absolute atomic E-state index is 0.0489. The van der Waals surface area contributed by atoms with Crippen LogP contribution in [0.2, 0.25) is 0 Å². The maximum atomic E-state index is 12.5. The normalized spacial score (nSPS) is 20.8. The van der Waals surface area contributed by atoms with Crippen molar-refractivity contribution in [3.05, 3.63) is 35.9 Å². The van der Waals surface area contributed by atoms with Crippen molar-refractivity contribution in [3.8, 4) is 0 Å². The van der Waals surface area contributed by atoms with Crippen LogP contribution in [-0.2, 0) is 23.1 Å². The summed E-state index contributed by atoms with van der Waals surface area (Å²) >= 11 is 0. The molecule has 3 heterocycles. The molecule has 1 aliphatic heterocycles. The second kappa shape index (κ2) is 6.51. The number of carbonyl (C=O) groups is 1. The predicted molar refractivity (Wildman–Crippen MR) is 81.9 cm³/mol. The van der Waals surface area contributed by atoms with Crippen LogP contribution in [0.1, 0.15) is 22.2 Å². The zero-order valence-corrected chi connectivity index (χ0v) is 13.5. The summed E-state index contributed by atoms with van der Waals surface area (Å²) in [6.45, 7) is 1.55. The Kier molecular flexibility index (Phi) is 4.44. The monoisotopic (exact) mass is 319 g/mol. The SMILES string of the molecule is CO[C@@H]1COC[C@H]1n1cc(C(=O)N(C)Cc2cccn2C)nn1. The van der Waals surface area contributed by atoms with E-state index in [0.29, 0.717) is 25.5 Å². The van der Waals surface area contributed by atoms with Crippen LogP contribution < -0.4 is 0 Å². The first-order chi connectivity index (χ1) is 11.1. The molecule has 0 N–H and O–H groups in total. The number of amides is 1. The number of aromatic nitrogens is 4. The van der Waals surface area contributed by atoms with E-state index in [2.05, 4.69) is 10.3 Å². The number of aryl methyl sites for hydroxylation is 1. The fourth-order valence-electron chi connectivity index (χ4n) is 2.70. The molecule has 0 saturated carbocycles.